The molecule has 0 aromatic heterocycles. The topological polar surface area (TPSA) is 86.8 Å². The largest absolute Gasteiger partial charge is 0.352 e. The minimum Gasteiger partial charge on any atom is -0.352 e. The maximum Gasteiger partial charge on any atom is 0.244 e. The van der Waals surface area contributed by atoms with E-state index in [1.807, 2.05) is 44.2 Å². The van der Waals surface area contributed by atoms with Crippen LogP contribution in [0.3, 0.4) is 0 Å². The van der Waals surface area contributed by atoms with Crippen LogP contribution in [0.5, 0.6) is 0 Å². The highest BCUT2D eigenvalue weighted by Crippen LogP contribution is 2.29. The first-order chi connectivity index (χ1) is 19.3. The summed E-state index contributed by atoms with van der Waals surface area (Å²) in [5, 5.41) is 4.07. The molecule has 0 saturated carbocycles. The molecule has 0 spiro atoms. The van der Waals surface area contributed by atoms with Gasteiger partial charge in [-0.05, 0) is 61.7 Å². The Kier molecular flexibility index (Phi) is 11.5. The molecule has 0 radical (unpaired) electrons. The number of amides is 2. The van der Waals surface area contributed by atoms with E-state index in [4.69, 9.17) is 34.8 Å². The standard InChI is InChI=1S/C30H34Cl3N3O4S/c1-5-21(3)34-30(38)28(17-22-10-7-6-8-11-22)35(18-24-25(32)12-9-13-26(24)33)29(37)19-36(41(4,39)40)27-15-14-23(31)16-20(27)2/h6-16,21,28H,5,17-19H2,1-4H3,(H,34,38)/t21-,28+/m1/s1. The molecule has 220 valence electrons. The smallest absolute Gasteiger partial charge is 0.244 e. The summed E-state index contributed by atoms with van der Waals surface area (Å²) < 4.78 is 27.0. The van der Waals surface area contributed by atoms with Crippen LogP contribution in [0.1, 0.15) is 37.0 Å². The van der Waals surface area contributed by atoms with Crippen LogP contribution in [0, 0.1) is 6.92 Å². The number of nitrogens with zero attached hydrogens (tertiary/aromatic N) is 2. The number of nitrogens with one attached hydrogen (secondary N) is 1. The van der Waals surface area contributed by atoms with E-state index in [1.165, 1.54) is 4.90 Å². The molecule has 11 heteroatoms. The van der Waals surface area contributed by atoms with Gasteiger partial charge in [0.05, 0.1) is 11.9 Å². The molecule has 7 nitrogen and oxygen atoms in total. The normalized spacial score (nSPS) is 12.9. The molecule has 0 unspecified atom stereocenters. The third-order valence-electron chi connectivity index (χ3n) is 6.77. The summed E-state index contributed by atoms with van der Waals surface area (Å²) in [5.74, 6) is -0.964. The SMILES string of the molecule is CC[C@@H](C)NC(=O)[C@H](Cc1ccccc1)N(Cc1c(Cl)cccc1Cl)C(=O)CN(c1ccc(Cl)cc1C)S(C)(=O)=O. The quantitative estimate of drug-likeness (QED) is 0.253. The number of hydrogen-bond donors (Lipinski definition) is 1. The number of benzene rings is 3. The van der Waals surface area contributed by atoms with Crippen LogP contribution >= 0.6 is 34.8 Å². The molecule has 3 aromatic carbocycles. The van der Waals surface area contributed by atoms with Gasteiger partial charge in [0.25, 0.3) is 0 Å². The number of hydrogen-bond acceptors (Lipinski definition) is 4. The monoisotopic (exact) mass is 637 g/mol. The van der Waals surface area contributed by atoms with Crippen molar-refractivity contribution >= 4 is 62.3 Å². The summed E-state index contributed by atoms with van der Waals surface area (Å²) in [4.78, 5) is 29.3. The van der Waals surface area contributed by atoms with Gasteiger partial charge in [-0.15, -0.1) is 0 Å². The third kappa shape index (κ3) is 8.85. The lowest BCUT2D eigenvalue weighted by molar-refractivity contribution is -0.140. The van der Waals surface area contributed by atoms with Crippen LogP contribution in [0.25, 0.3) is 0 Å². The molecule has 0 aliphatic heterocycles. The fourth-order valence-electron chi connectivity index (χ4n) is 4.34. The first-order valence-corrected chi connectivity index (χ1v) is 16.1. The average molecular weight is 639 g/mol. The number of halogens is 3. The van der Waals surface area contributed by atoms with Crippen molar-refractivity contribution in [3.8, 4) is 0 Å². The van der Waals surface area contributed by atoms with E-state index in [9.17, 15) is 18.0 Å². The van der Waals surface area contributed by atoms with Gasteiger partial charge >= 0.3 is 0 Å². The zero-order chi connectivity index (χ0) is 30.3. The Bertz CT molecular complexity index is 1470. The van der Waals surface area contributed by atoms with Crippen molar-refractivity contribution in [3.63, 3.8) is 0 Å². The Labute approximate surface area is 257 Å². The molecule has 3 aromatic rings. The van der Waals surface area contributed by atoms with Crippen molar-refractivity contribution in [3.05, 3.63) is 98.5 Å². The molecule has 0 aliphatic carbocycles. The Balaban J connectivity index is 2.13. The average Bonchev–Trinajstić information content (AvgIpc) is 2.90. The van der Waals surface area contributed by atoms with E-state index in [2.05, 4.69) is 5.32 Å². The summed E-state index contributed by atoms with van der Waals surface area (Å²) in [6, 6.07) is 17.9. The van der Waals surface area contributed by atoms with E-state index >= 15 is 0 Å². The maximum absolute atomic E-state index is 14.2. The maximum atomic E-state index is 14.2. The van der Waals surface area contributed by atoms with Crippen LogP contribution in [0.4, 0.5) is 5.69 Å². The summed E-state index contributed by atoms with van der Waals surface area (Å²) in [5.41, 5.74) is 2.16. The van der Waals surface area contributed by atoms with Crippen LogP contribution in [0.2, 0.25) is 15.1 Å². The fourth-order valence-corrected chi connectivity index (χ4v) is 5.99. The Morgan fingerprint density at radius 2 is 1.59 bits per heavy atom. The minimum atomic E-state index is -3.91. The summed E-state index contributed by atoms with van der Waals surface area (Å²) >= 11 is 19.1. The Morgan fingerprint density at radius 3 is 2.15 bits per heavy atom. The molecule has 3 rings (SSSR count). The number of sulfonamides is 1. The van der Waals surface area contributed by atoms with E-state index in [1.54, 1.807) is 43.3 Å². The summed E-state index contributed by atoms with van der Waals surface area (Å²) in [6.07, 6.45) is 1.90. The molecule has 2 amide bonds. The highest BCUT2D eigenvalue weighted by Gasteiger charge is 2.34. The number of carbonyl (C=O) groups is 2. The number of rotatable bonds is 12. The predicted molar refractivity (Wildman–Crippen MR) is 167 cm³/mol. The lowest BCUT2D eigenvalue weighted by atomic mass is 10.0. The van der Waals surface area contributed by atoms with Gasteiger partial charge in [0.1, 0.15) is 12.6 Å². The molecule has 0 fully saturated rings. The molecule has 0 heterocycles. The van der Waals surface area contributed by atoms with E-state index < -0.39 is 28.5 Å². The molecule has 0 bridgehead atoms. The van der Waals surface area contributed by atoms with Gasteiger partial charge in [0.2, 0.25) is 21.8 Å². The Hall–Kier alpha value is -2.78. The lowest BCUT2D eigenvalue weighted by Gasteiger charge is -2.34. The van der Waals surface area contributed by atoms with E-state index in [0.29, 0.717) is 38.3 Å². The first kappa shape index (κ1) is 32.7. The van der Waals surface area contributed by atoms with Gasteiger partial charge in [0, 0.05) is 39.6 Å². The van der Waals surface area contributed by atoms with Crippen molar-refractivity contribution in [2.45, 2.75) is 52.2 Å². The van der Waals surface area contributed by atoms with Gasteiger partial charge in [-0.2, -0.15) is 0 Å². The van der Waals surface area contributed by atoms with Crippen LogP contribution in [0.15, 0.2) is 66.7 Å². The highest BCUT2D eigenvalue weighted by molar-refractivity contribution is 7.92. The molecule has 41 heavy (non-hydrogen) atoms. The second kappa shape index (κ2) is 14.4. The zero-order valence-corrected chi connectivity index (χ0v) is 26.5. The minimum absolute atomic E-state index is 0.111. The van der Waals surface area contributed by atoms with Gasteiger partial charge < -0.3 is 10.2 Å². The molecule has 2 atom stereocenters. The summed E-state index contributed by atoms with van der Waals surface area (Å²) in [6.45, 7) is 4.87. The van der Waals surface area contributed by atoms with Crippen molar-refractivity contribution in [1.29, 1.82) is 0 Å². The third-order valence-corrected chi connectivity index (χ3v) is 8.84. The van der Waals surface area contributed by atoms with Crippen molar-refractivity contribution < 1.29 is 18.0 Å². The van der Waals surface area contributed by atoms with E-state index in [0.717, 1.165) is 16.1 Å². The van der Waals surface area contributed by atoms with Crippen LogP contribution in [-0.4, -0.2) is 50.0 Å². The van der Waals surface area contributed by atoms with E-state index in [-0.39, 0.29) is 24.9 Å². The second-order valence-electron chi connectivity index (χ2n) is 9.95. The number of anilines is 1. The molecular weight excluding hydrogens is 605 g/mol. The zero-order valence-electron chi connectivity index (χ0n) is 23.4. The van der Waals surface area contributed by atoms with Crippen molar-refractivity contribution in [2.75, 3.05) is 17.1 Å². The van der Waals surface area contributed by atoms with Gasteiger partial charge in [-0.1, -0.05) is 78.1 Å². The molecule has 0 aliphatic rings. The number of carbonyl (C=O) groups excluding carboxylic acids is 2. The van der Waals surface area contributed by atoms with Gasteiger partial charge in [0.15, 0.2) is 0 Å². The fraction of sp³-hybridized carbons (Fsp3) is 0.333. The van der Waals surface area contributed by atoms with Crippen LogP contribution < -0.4 is 9.62 Å². The molecule has 1 N–H and O–H groups in total. The highest BCUT2D eigenvalue weighted by atomic mass is 35.5. The molecule has 0 saturated heterocycles. The number of aryl methyl sites for hydroxylation is 1. The predicted octanol–water partition coefficient (Wildman–Crippen LogP) is 6.28. The van der Waals surface area contributed by atoms with Crippen molar-refractivity contribution in [2.24, 2.45) is 0 Å². The molecular formula is C30H34Cl3N3O4S. The van der Waals surface area contributed by atoms with Gasteiger partial charge in [-0.25, -0.2) is 8.42 Å². The van der Waals surface area contributed by atoms with Crippen LogP contribution in [-0.2, 0) is 32.6 Å². The first-order valence-electron chi connectivity index (χ1n) is 13.1. The van der Waals surface area contributed by atoms with Crippen molar-refractivity contribution in [1.82, 2.24) is 10.2 Å². The Morgan fingerprint density at radius 1 is 0.951 bits per heavy atom. The second-order valence-corrected chi connectivity index (χ2v) is 13.1. The van der Waals surface area contributed by atoms with Gasteiger partial charge in [-0.3, -0.25) is 13.9 Å². The summed E-state index contributed by atoms with van der Waals surface area (Å²) in [7, 11) is -3.91. The lowest BCUT2D eigenvalue weighted by Crippen LogP contribution is -2.54.